The Balaban J connectivity index is 1.81. The molecule has 2 saturated heterocycles. The molecule has 2 rings (SSSR count). The summed E-state index contributed by atoms with van der Waals surface area (Å²) < 4.78 is 5.23. The first-order valence-electron chi connectivity index (χ1n) is 7.04. The number of hydrogen-bond donors (Lipinski definition) is 2. The molecule has 5 nitrogen and oxygen atoms in total. The summed E-state index contributed by atoms with van der Waals surface area (Å²) in [6.07, 6.45) is 2.25. The van der Waals surface area contributed by atoms with Gasteiger partial charge in [-0.25, -0.2) is 4.79 Å². The van der Waals surface area contributed by atoms with Gasteiger partial charge >= 0.3 is 6.09 Å². The quantitative estimate of drug-likeness (QED) is 0.763. The van der Waals surface area contributed by atoms with Crippen LogP contribution in [0.15, 0.2) is 0 Å². The summed E-state index contributed by atoms with van der Waals surface area (Å²) in [5.41, 5.74) is 0. The molecule has 1 atom stereocenters. The van der Waals surface area contributed by atoms with E-state index in [1.807, 2.05) is 0 Å². The van der Waals surface area contributed by atoms with Crippen molar-refractivity contribution in [3.05, 3.63) is 0 Å². The van der Waals surface area contributed by atoms with E-state index >= 15 is 0 Å². The van der Waals surface area contributed by atoms with Gasteiger partial charge in [-0.15, -0.1) is 0 Å². The van der Waals surface area contributed by atoms with Crippen molar-refractivity contribution in [1.82, 2.24) is 15.5 Å². The molecular formula is C13H25N3O2. The van der Waals surface area contributed by atoms with Crippen LogP contribution >= 0.6 is 0 Å². The zero-order chi connectivity index (χ0) is 13.0. The van der Waals surface area contributed by atoms with Crippen molar-refractivity contribution in [2.24, 2.45) is 5.92 Å². The predicted molar refractivity (Wildman–Crippen MR) is 70.6 cm³/mol. The van der Waals surface area contributed by atoms with E-state index in [9.17, 15) is 4.79 Å². The SMILES string of the molecule is CC(C)N(CC1CCNCC1)CC1CNC(=O)O1. The summed E-state index contributed by atoms with van der Waals surface area (Å²) in [5.74, 6) is 0.777. The maximum Gasteiger partial charge on any atom is 0.407 e. The summed E-state index contributed by atoms with van der Waals surface area (Å²) in [7, 11) is 0. The van der Waals surface area contributed by atoms with Crippen molar-refractivity contribution < 1.29 is 9.53 Å². The van der Waals surface area contributed by atoms with Crippen molar-refractivity contribution in [2.45, 2.75) is 38.8 Å². The number of amides is 1. The number of nitrogens with zero attached hydrogens (tertiary/aromatic N) is 1. The molecule has 2 aliphatic heterocycles. The molecule has 0 spiro atoms. The Kier molecular flexibility index (Phi) is 4.83. The van der Waals surface area contributed by atoms with E-state index in [0.717, 1.165) is 32.1 Å². The molecule has 0 aromatic carbocycles. The molecule has 2 fully saturated rings. The van der Waals surface area contributed by atoms with Gasteiger partial charge in [-0.05, 0) is 45.7 Å². The smallest absolute Gasteiger partial charge is 0.407 e. The number of piperidine rings is 1. The first-order valence-corrected chi connectivity index (χ1v) is 7.04. The van der Waals surface area contributed by atoms with Crippen LogP contribution < -0.4 is 10.6 Å². The zero-order valence-electron chi connectivity index (χ0n) is 11.4. The van der Waals surface area contributed by atoms with Gasteiger partial charge in [-0.1, -0.05) is 0 Å². The van der Waals surface area contributed by atoms with Crippen LogP contribution in [0.4, 0.5) is 4.79 Å². The lowest BCUT2D eigenvalue weighted by Gasteiger charge is -2.33. The van der Waals surface area contributed by atoms with Crippen LogP contribution in [0.5, 0.6) is 0 Å². The molecule has 1 unspecified atom stereocenters. The number of cyclic esters (lactones) is 1. The number of hydrogen-bond acceptors (Lipinski definition) is 4. The number of carbonyl (C=O) groups excluding carboxylic acids is 1. The molecule has 2 N–H and O–H groups in total. The number of rotatable bonds is 5. The normalized spacial score (nSPS) is 25.6. The van der Waals surface area contributed by atoms with E-state index in [1.165, 1.54) is 12.8 Å². The monoisotopic (exact) mass is 255 g/mol. The van der Waals surface area contributed by atoms with Gasteiger partial charge in [0.1, 0.15) is 6.10 Å². The number of ether oxygens (including phenoxy) is 1. The molecule has 2 heterocycles. The second-order valence-corrected chi connectivity index (χ2v) is 5.65. The fourth-order valence-electron chi connectivity index (χ4n) is 2.69. The minimum absolute atomic E-state index is 0.0154. The molecule has 2 aliphatic rings. The molecule has 104 valence electrons. The van der Waals surface area contributed by atoms with E-state index < -0.39 is 0 Å². The van der Waals surface area contributed by atoms with Gasteiger partial charge in [0.2, 0.25) is 0 Å². The summed E-state index contributed by atoms with van der Waals surface area (Å²) in [4.78, 5) is 13.5. The average molecular weight is 255 g/mol. The minimum Gasteiger partial charge on any atom is -0.443 e. The largest absolute Gasteiger partial charge is 0.443 e. The van der Waals surface area contributed by atoms with Crippen molar-refractivity contribution >= 4 is 6.09 Å². The van der Waals surface area contributed by atoms with Gasteiger partial charge in [-0.2, -0.15) is 0 Å². The van der Waals surface area contributed by atoms with Gasteiger partial charge in [0.15, 0.2) is 0 Å². The van der Waals surface area contributed by atoms with E-state index in [1.54, 1.807) is 0 Å². The highest BCUT2D eigenvalue weighted by Gasteiger charge is 2.27. The molecule has 0 saturated carbocycles. The van der Waals surface area contributed by atoms with Gasteiger partial charge in [-0.3, -0.25) is 4.90 Å². The van der Waals surface area contributed by atoms with E-state index in [0.29, 0.717) is 12.6 Å². The van der Waals surface area contributed by atoms with Gasteiger partial charge in [0.05, 0.1) is 6.54 Å². The van der Waals surface area contributed by atoms with Crippen LogP contribution in [-0.4, -0.2) is 55.9 Å². The molecule has 0 radical (unpaired) electrons. The highest BCUT2D eigenvalue weighted by molar-refractivity contribution is 5.69. The van der Waals surface area contributed by atoms with E-state index in [-0.39, 0.29) is 12.2 Å². The third-order valence-corrected chi connectivity index (χ3v) is 3.87. The van der Waals surface area contributed by atoms with Crippen LogP contribution in [0.25, 0.3) is 0 Å². The topological polar surface area (TPSA) is 53.6 Å². The average Bonchev–Trinajstić information content (AvgIpc) is 2.75. The second-order valence-electron chi connectivity index (χ2n) is 5.65. The molecule has 0 aromatic rings. The van der Waals surface area contributed by atoms with Crippen molar-refractivity contribution in [3.63, 3.8) is 0 Å². The third-order valence-electron chi connectivity index (χ3n) is 3.87. The van der Waals surface area contributed by atoms with Gasteiger partial charge in [0.25, 0.3) is 0 Å². The van der Waals surface area contributed by atoms with Crippen molar-refractivity contribution in [1.29, 1.82) is 0 Å². The van der Waals surface area contributed by atoms with Crippen LogP contribution in [0.2, 0.25) is 0 Å². The summed E-state index contributed by atoms with van der Waals surface area (Å²) >= 11 is 0. The first-order chi connectivity index (χ1) is 8.65. The lowest BCUT2D eigenvalue weighted by Crippen LogP contribution is -2.43. The minimum atomic E-state index is -0.273. The number of carbonyl (C=O) groups is 1. The predicted octanol–water partition coefficient (Wildman–Crippen LogP) is 0.805. The van der Waals surface area contributed by atoms with Crippen LogP contribution in [0.3, 0.4) is 0 Å². The van der Waals surface area contributed by atoms with Crippen molar-refractivity contribution in [2.75, 3.05) is 32.7 Å². The third kappa shape index (κ3) is 3.85. The Morgan fingerprint density at radius 3 is 2.61 bits per heavy atom. The zero-order valence-corrected chi connectivity index (χ0v) is 11.4. The Hall–Kier alpha value is -0.810. The molecule has 0 bridgehead atoms. The summed E-state index contributed by atoms with van der Waals surface area (Å²) in [5, 5.41) is 6.12. The summed E-state index contributed by atoms with van der Waals surface area (Å²) in [6.45, 7) is 9.31. The number of alkyl carbamates (subject to hydrolysis) is 1. The fraction of sp³-hybridized carbons (Fsp3) is 0.923. The standard InChI is InChI=1S/C13H25N3O2/c1-10(2)16(8-11-3-5-14-6-4-11)9-12-7-15-13(17)18-12/h10-12,14H,3-9H2,1-2H3,(H,15,17). The van der Waals surface area contributed by atoms with Crippen LogP contribution in [0, 0.1) is 5.92 Å². The lowest BCUT2D eigenvalue weighted by atomic mass is 9.97. The molecule has 1 amide bonds. The Bertz CT molecular complexity index is 277. The second kappa shape index (κ2) is 6.38. The lowest BCUT2D eigenvalue weighted by molar-refractivity contribution is 0.0836. The van der Waals surface area contributed by atoms with E-state index in [4.69, 9.17) is 4.74 Å². The maximum atomic E-state index is 11.0. The highest BCUT2D eigenvalue weighted by atomic mass is 16.6. The highest BCUT2D eigenvalue weighted by Crippen LogP contribution is 2.16. The molecule has 0 aromatic heterocycles. The number of nitrogens with one attached hydrogen (secondary N) is 2. The molecule has 0 aliphatic carbocycles. The maximum absolute atomic E-state index is 11.0. The van der Waals surface area contributed by atoms with Crippen LogP contribution in [-0.2, 0) is 4.74 Å². The molecular weight excluding hydrogens is 230 g/mol. The Morgan fingerprint density at radius 1 is 1.33 bits per heavy atom. The Labute approximate surface area is 109 Å². The molecule has 18 heavy (non-hydrogen) atoms. The summed E-state index contributed by atoms with van der Waals surface area (Å²) in [6, 6.07) is 0.499. The fourth-order valence-corrected chi connectivity index (χ4v) is 2.69. The Morgan fingerprint density at radius 2 is 2.06 bits per heavy atom. The van der Waals surface area contributed by atoms with Gasteiger partial charge in [0, 0.05) is 19.1 Å². The van der Waals surface area contributed by atoms with Crippen molar-refractivity contribution in [3.8, 4) is 0 Å². The van der Waals surface area contributed by atoms with Gasteiger partial charge < -0.3 is 15.4 Å². The first kappa shape index (κ1) is 13.6. The van der Waals surface area contributed by atoms with Crippen LogP contribution in [0.1, 0.15) is 26.7 Å². The molecule has 5 heteroatoms. The van der Waals surface area contributed by atoms with E-state index in [2.05, 4.69) is 29.4 Å².